The lowest BCUT2D eigenvalue weighted by Crippen LogP contribution is -2.18. The Bertz CT molecular complexity index is 407. The van der Waals surface area contributed by atoms with Gasteiger partial charge in [-0.15, -0.1) is 11.6 Å². The van der Waals surface area contributed by atoms with Crippen molar-refractivity contribution in [3.05, 3.63) is 29.8 Å². The van der Waals surface area contributed by atoms with E-state index in [9.17, 15) is 0 Å². The molecule has 0 aliphatic heterocycles. The van der Waals surface area contributed by atoms with E-state index < -0.39 is 0 Å². The van der Waals surface area contributed by atoms with Crippen LogP contribution in [0.2, 0.25) is 0 Å². The van der Waals surface area contributed by atoms with Crippen LogP contribution in [0.4, 0.5) is 5.69 Å². The Morgan fingerprint density at radius 1 is 1.53 bits per heavy atom. The summed E-state index contributed by atoms with van der Waals surface area (Å²) in [5.74, 6) is 6.51. The summed E-state index contributed by atoms with van der Waals surface area (Å²) < 4.78 is 0. The largest absolute Gasteiger partial charge is 0.376 e. The van der Waals surface area contributed by atoms with Crippen LogP contribution in [0.1, 0.15) is 12.0 Å². The van der Waals surface area contributed by atoms with E-state index >= 15 is 0 Å². The van der Waals surface area contributed by atoms with Gasteiger partial charge in [-0.2, -0.15) is 0 Å². The predicted molar refractivity (Wildman–Crippen MR) is 69.1 cm³/mol. The molecule has 0 saturated heterocycles. The highest BCUT2D eigenvalue weighted by atomic mass is 35.5. The first kappa shape index (κ1) is 11.8. The Kier molecular flexibility index (Phi) is 4.96. The summed E-state index contributed by atoms with van der Waals surface area (Å²) in [5, 5.41) is 3.10. The Morgan fingerprint density at radius 3 is 3.00 bits per heavy atom. The average Bonchev–Trinajstić information content (AvgIpc) is 2.18. The number of hydrogen-bond acceptors (Lipinski definition) is 1. The van der Waals surface area contributed by atoms with Crippen LogP contribution in [0.25, 0.3) is 0 Å². The van der Waals surface area contributed by atoms with Crippen molar-refractivity contribution >= 4 is 34.6 Å². The third-order valence-corrected chi connectivity index (χ3v) is 1.87. The van der Waals surface area contributed by atoms with E-state index in [0.717, 1.165) is 11.3 Å². The van der Waals surface area contributed by atoms with Gasteiger partial charge in [-0.1, -0.05) is 17.9 Å². The van der Waals surface area contributed by atoms with Crippen LogP contribution in [0.3, 0.4) is 0 Å². The van der Waals surface area contributed by atoms with Crippen molar-refractivity contribution in [3.63, 3.8) is 0 Å². The number of alkyl halides is 1. The van der Waals surface area contributed by atoms with Gasteiger partial charge in [0.1, 0.15) is 0 Å². The Labute approximate surface area is 99.8 Å². The Balaban J connectivity index is 2.75. The monoisotopic (exact) mass is 238 g/mol. The lowest BCUT2D eigenvalue weighted by Gasteiger charge is -2.02. The van der Waals surface area contributed by atoms with Gasteiger partial charge in [0.25, 0.3) is 0 Å². The van der Waals surface area contributed by atoms with Crippen molar-refractivity contribution in [2.75, 3.05) is 11.2 Å². The van der Waals surface area contributed by atoms with E-state index in [1.807, 2.05) is 24.3 Å². The van der Waals surface area contributed by atoms with Crippen molar-refractivity contribution in [2.45, 2.75) is 6.42 Å². The molecule has 2 nitrogen and oxygen atoms in total. The van der Waals surface area contributed by atoms with E-state index in [2.05, 4.69) is 17.2 Å². The number of hydrogen-bond donors (Lipinski definition) is 2. The maximum absolute atomic E-state index is 5.52. The van der Waals surface area contributed by atoms with Crippen molar-refractivity contribution in [1.29, 1.82) is 0 Å². The zero-order valence-corrected chi connectivity index (χ0v) is 9.66. The lowest BCUT2D eigenvalue weighted by molar-refractivity contribution is 1.29. The first-order chi connectivity index (χ1) is 7.22. The predicted octanol–water partition coefficient (Wildman–Crippen LogP) is 2.32. The molecule has 0 amide bonds. The van der Waals surface area contributed by atoms with E-state index in [1.165, 1.54) is 0 Å². The van der Waals surface area contributed by atoms with E-state index in [0.29, 0.717) is 12.3 Å². The highest BCUT2D eigenvalue weighted by Crippen LogP contribution is 2.09. The summed E-state index contributed by atoms with van der Waals surface area (Å²) in [6.07, 6.45) is 0.689. The molecule has 1 aromatic rings. The summed E-state index contributed by atoms with van der Waals surface area (Å²) in [6, 6.07) is 7.59. The van der Waals surface area contributed by atoms with Crippen LogP contribution in [0.5, 0.6) is 0 Å². The van der Waals surface area contributed by atoms with Crippen LogP contribution in [-0.4, -0.2) is 11.0 Å². The first-order valence-electron chi connectivity index (χ1n) is 4.43. The molecule has 0 saturated carbocycles. The van der Waals surface area contributed by atoms with Crippen LogP contribution in [0.15, 0.2) is 24.3 Å². The molecular weight excluding hydrogens is 228 g/mol. The molecule has 4 heteroatoms. The van der Waals surface area contributed by atoms with Gasteiger partial charge in [0, 0.05) is 23.6 Å². The highest BCUT2D eigenvalue weighted by Gasteiger charge is 1.93. The Hall–Kier alpha value is -1.24. The average molecular weight is 239 g/mol. The van der Waals surface area contributed by atoms with Crippen LogP contribution in [-0.2, 0) is 0 Å². The highest BCUT2D eigenvalue weighted by molar-refractivity contribution is 7.80. The van der Waals surface area contributed by atoms with Crippen LogP contribution >= 0.6 is 23.8 Å². The molecule has 0 bridgehead atoms. The molecule has 1 aromatic carbocycles. The topological polar surface area (TPSA) is 38.0 Å². The number of nitrogens with two attached hydrogens (primary N) is 1. The van der Waals surface area contributed by atoms with Gasteiger partial charge in [-0.05, 0) is 30.4 Å². The maximum Gasteiger partial charge on any atom is 0.168 e. The third-order valence-electron chi connectivity index (χ3n) is 1.58. The summed E-state index contributed by atoms with van der Waals surface area (Å²) in [4.78, 5) is 0. The summed E-state index contributed by atoms with van der Waals surface area (Å²) in [5.41, 5.74) is 7.13. The number of thiocarbonyl (C=S) groups is 1. The minimum atomic E-state index is 0.251. The smallest absolute Gasteiger partial charge is 0.168 e. The molecule has 0 aliphatic rings. The number of rotatable bonds is 2. The standard InChI is InChI=1S/C11H11ClN2S/c12-7-2-1-4-9-5-3-6-10(8-9)14-11(13)15/h3,5-6,8H,2,7H2,(H3,13,14,15). The molecule has 1 rings (SSSR count). The zero-order valence-electron chi connectivity index (χ0n) is 8.09. The SMILES string of the molecule is NC(=S)Nc1cccc(C#CCCCl)c1. The van der Waals surface area contributed by atoms with Gasteiger partial charge in [0.15, 0.2) is 5.11 Å². The van der Waals surface area contributed by atoms with Gasteiger partial charge in [-0.3, -0.25) is 0 Å². The zero-order chi connectivity index (χ0) is 11.1. The lowest BCUT2D eigenvalue weighted by atomic mass is 10.2. The van der Waals surface area contributed by atoms with Gasteiger partial charge >= 0.3 is 0 Å². The fourth-order valence-corrected chi connectivity index (χ4v) is 1.24. The fourth-order valence-electron chi connectivity index (χ4n) is 1.03. The van der Waals surface area contributed by atoms with Gasteiger partial charge in [0.05, 0.1) is 0 Å². The van der Waals surface area contributed by atoms with Crippen LogP contribution < -0.4 is 11.1 Å². The second-order valence-corrected chi connectivity index (χ2v) is 3.63. The number of benzene rings is 1. The van der Waals surface area contributed by atoms with E-state index in [4.69, 9.17) is 29.6 Å². The molecule has 0 spiro atoms. The minimum Gasteiger partial charge on any atom is -0.376 e. The van der Waals surface area contributed by atoms with Gasteiger partial charge < -0.3 is 11.1 Å². The first-order valence-corrected chi connectivity index (χ1v) is 5.38. The molecular formula is C11H11ClN2S. The summed E-state index contributed by atoms with van der Waals surface area (Å²) in [7, 11) is 0. The minimum absolute atomic E-state index is 0.251. The number of anilines is 1. The van der Waals surface area contributed by atoms with Crippen molar-refractivity contribution in [2.24, 2.45) is 5.73 Å². The summed E-state index contributed by atoms with van der Waals surface area (Å²) >= 11 is 10.3. The molecule has 3 N–H and O–H groups in total. The van der Waals surface area contributed by atoms with Gasteiger partial charge in [-0.25, -0.2) is 0 Å². The second kappa shape index (κ2) is 6.28. The van der Waals surface area contributed by atoms with Crippen molar-refractivity contribution in [1.82, 2.24) is 0 Å². The molecule has 0 atom stereocenters. The van der Waals surface area contributed by atoms with Gasteiger partial charge in [0.2, 0.25) is 0 Å². The fraction of sp³-hybridized carbons (Fsp3) is 0.182. The third kappa shape index (κ3) is 4.68. The summed E-state index contributed by atoms with van der Waals surface area (Å²) in [6.45, 7) is 0. The Morgan fingerprint density at radius 2 is 2.33 bits per heavy atom. The van der Waals surface area contributed by atoms with Crippen molar-refractivity contribution < 1.29 is 0 Å². The maximum atomic E-state index is 5.52. The molecule has 0 heterocycles. The molecule has 0 unspecified atom stereocenters. The number of nitrogens with one attached hydrogen (secondary N) is 1. The molecule has 15 heavy (non-hydrogen) atoms. The van der Waals surface area contributed by atoms with Crippen LogP contribution in [0, 0.1) is 11.8 Å². The van der Waals surface area contributed by atoms with Crippen molar-refractivity contribution in [3.8, 4) is 11.8 Å². The van der Waals surface area contributed by atoms with E-state index in [-0.39, 0.29) is 5.11 Å². The normalized spacial score (nSPS) is 8.87. The number of halogens is 1. The quantitative estimate of drug-likeness (QED) is 0.472. The molecule has 0 aromatic heterocycles. The molecule has 0 aliphatic carbocycles. The molecule has 0 fully saturated rings. The van der Waals surface area contributed by atoms with E-state index in [1.54, 1.807) is 0 Å². The molecule has 0 radical (unpaired) electrons. The second-order valence-electron chi connectivity index (χ2n) is 2.81. The molecule has 78 valence electrons.